The molecule has 0 aromatic heterocycles. The predicted molar refractivity (Wildman–Crippen MR) is 155 cm³/mol. The molecule has 0 rings (SSSR count). The lowest BCUT2D eigenvalue weighted by Crippen LogP contribution is -2.43. The van der Waals surface area contributed by atoms with Gasteiger partial charge in [0.05, 0.1) is 11.7 Å². The van der Waals surface area contributed by atoms with E-state index in [1.165, 1.54) is 0 Å². The minimum atomic E-state index is -0.207. The molecule has 0 saturated carbocycles. The number of nitrogens with two attached hydrogens (primary N) is 1. The van der Waals surface area contributed by atoms with Crippen LogP contribution in [0.25, 0.3) is 0 Å². The molecule has 0 amide bonds. The highest BCUT2D eigenvalue weighted by Gasteiger charge is 2.30. The monoisotopic (exact) mass is 539 g/mol. The number of rotatable bonds is 27. The summed E-state index contributed by atoms with van der Waals surface area (Å²) in [5.41, 5.74) is 6.10. The molecule has 0 saturated heterocycles. The van der Waals surface area contributed by atoms with Gasteiger partial charge < -0.3 is 29.4 Å². The standard InChI is InChI=1S/C27H59NO5P2/c1-7-15-29-25(30-16-8-2)11-19-34-21-13-27(23-28,33-24(5)6)14-22-35-20-12-26(31-17-9-3)32-18-10-4/h24-26,34-35H,7-23,28H2,1-6H3. The predicted octanol–water partition coefficient (Wildman–Crippen LogP) is 6.38. The Morgan fingerprint density at radius 3 is 1.29 bits per heavy atom. The second kappa shape index (κ2) is 24.9. The van der Waals surface area contributed by atoms with E-state index in [-0.39, 0.29) is 24.3 Å². The summed E-state index contributed by atoms with van der Waals surface area (Å²) in [6.45, 7) is 16.5. The Kier molecular flexibility index (Phi) is 25.4. The normalized spacial score (nSPS) is 14.6. The average Bonchev–Trinajstić information content (AvgIpc) is 2.85. The van der Waals surface area contributed by atoms with Crippen LogP contribution in [0.15, 0.2) is 0 Å². The fourth-order valence-corrected chi connectivity index (χ4v) is 6.39. The van der Waals surface area contributed by atoms with Gasteiger partial charge in [-0.25, -0.2) is 0 Å². The third-order valence-corrected chi connectivity index (χ3v) is 8.01. The van der Waals surface area contributed by atoms with Gasteiger partial charge in [-0.1, -0.05) is 27.7 Å². The molecular formula is C27H59NO5P2. The molecule has 0 spiro atoms. The lowest BCUT2D eigenvalue weighted by molar-refractivity contribution is -0.142. The van der Waals surface area contributed by atoms with Crippen LogP contribution in [-0.2, 0) is 23.7 Å². The van der Waals surface area contributed by atoms with E-state index in [9.17, 15) is 0 Å². The van der Waals surface area contributed by atoms with Crippen LogP contribution in [0, 0.1) is 0 Å². The highest BCUT2D eigenvalue weighted by Crippen LogP contribution is 2.30. The third kappa shape index (κ3) is 20.3. The first-order chi connectivity index (χ1) is 17.0. The Balaban J connectivity index is 4.48. The van der Waals surface area contributed by atoms with Crippen molar-refractivity contribution in [3.8, 4) is 0 Å². The molecule has 0 bridgehead atoms. The Morgan fingerprint density at radius 1 is 0.629 bits per heavy atom. The highest BCUT2D eigenvalue weighted by atomic mass is 31.1. The summed E-state index contributed by atoms with van der Waals surface area (Å²) in [4.78, 5) is 0. The van der Waals surface area contributed by atoms with Gasteiger partial charge in [0.1, 0.15) is 0 Å². The summed E-state index contributed by atoms with van der Waals surface area (Å²) < 4.78 is 29.9. The van der Waals surface area contributed by atoms with Crippen molar-refractivity contribution in [3.05, 3.63) is 0 Å². The second-order valence-electron chi connectivity index (χ2n) is 9.47. The molecule has 212 valence electrons. The SMILES string of the molecule is CCCOC(CCPCCC(CN)(CCPCCC(OCCC)OCCC)OC(C)C)OCCC. The van der Waals surface area contributed by atoms with Crippen LogP contribution in [0.5, 0.6) is 0 Å². The topological polar surface area (TPSA) is 72.2 Å². The van der Waals surface area contributed by atoms with Gasteiger partial charge in [-0.2, -0.15) is 0 Å². The summed E-state index contributed by atoms with van der Waals surface area (Å²) in [5, 5.41) is 0. The van der Waals surface area contributed by atoms with E-state index in [0.717, 1.165) is 120 Å². The van der Waals surface area contributed by atoms with Crippen molar-refractivity contribution in [2.45, 2.75) is 117 Å². The number of hydrogen-bond donors (Lipinski definition) is 1. The Bertz CT molecular complexity index is 400. The van der Waals surface area contributed by atoms with E-state index in [1.54, 1.807) is 0 Å². The first-order valence-electron chi connectivity index (χ1n) is 14.2. The molecule has 8 heteroatoms. The summed E-state index contributed by atoms with van der Waals surface area (Å²) in [5.74, 6) is 0. The fraction of sp³-hybridized carbons (Fsp3) is 1.00. The maximum absolute atomic E-state index is 6.44. The molecule has 2 atom stereocenters. The minimum Gasteiger partial charge on any atom is -0.371 e. The third-order valence-electron chi connectivity index (χ3n) is 5.52. The second-order valence-corrected chi connectivity index (χ2v) is 12.5. The Morgan fingerprint density at radius 2 is 1.00 bits per heavy atom. The van der Waals surface area contributed by atoms with Crippen LogP contribution in [0.1, 0.15) is 92.9 Å². The number of ether oxygens (including phenoxy) is 5. The zero-order valence-corrected chi connectivity index (χ0v) is 25.9. The summed E-state index contributed by atoms with van der Waals surface area (Å²) in [6.07, 6.45) is 12.8. The Labute approximate surface area is 221 Å². The molecule has 0 heterocycles. The van der Waals surface area contributed by atoms with Gasteiger partial charge in [0.15, 0.2) is 12.6 Å². The van der Waals surface area contributed by atoms with Crippen LogP contribution in [0.2, 0.25) is 0 Å². The van der Waals surface area contributed by atoms with Gasteiger partial charge in [0, 0.05) is 45.8 Å². The van der Waals surface area contributed by atoms with Crippen molar-refractivity contribution in [1.82, 2.24) is 0 Å². The lowest BCUT2D eigenvalue weighted by atomic mass is 9.97. The molecule has 2 N–H and O–H groups in total. The fourth-order valence-electron chi connectivity index (χ4n) is 3.74. The summed E-state index contributed by atoms with van der Waals surface area (Å²) in [6, 6.07) is 0. The summed E-state index contributed by atoms with van der Waals surface area (Å²) >= 11 is 0. The summed E-state index contributed by atoms with van der Waals surface area (Å²) in [7, 11) is 1.77. The highest BCUT2D eigenvalue weighted by molar-refractivity contribution is 7.38. The van der Waals surface area contributed by atoms with Crippen LogP contribution in [0.4, 0.5) is 0 Å². The first kappa shape index (κ1) is 35.6. The minimum absolute atomic E-state index is 0.0544. The van der Waals surface area contributed by atoms with Crippen molar-refractivity contribution in [2.24, 2.45) is 5.73 Å². The molecule has 0 aromatic carbocycles. The molecule has 0 aliphatic heterocycles. The van der Waals surface area contributed by atoms with Gasteiger partial charge in [-0.15, -0.1) is 17.2 Å². The van der Waals surface area contributed by atoms with Crippen molar-refractivity contribution in [1.29, 1.82) is 0 Å². The van der Waals surface area contributed by atoms with E-state index in [2.05, 4.69) is 41.5 Å². The van der Waals surface area contributed by atoms with E-state index in [4.69, 9.17) is 29.4 Å². The van der Waals surface area contributed by atoms with Crippen molar-refractivity contribution in [2.75, 3.05) is 57.6 Å². The van der Waals surface area contributed by atoms with Crippen molar-refractivity contribution in [3.63, 3.8) is 0 Å². The molecule has 0 aromatic rings. The van der Waals surface area contributed by atoms with Crippen LogP contribution in [0.3, 0.4) is 0 Å². The zero-order chi connectivity index (χ0) is 26.2. The molecular weight excluding hydrogens is 480 g/mol. The zero-order valence-electron chi connectivity index (χ0n) is 23.9. The van der Waals surface area contributed by atoms with Gasteiger partial charge in [0.2, 0.25) is 0 Å². The molecule has 35 heavy (non-hydrogen) atoms. The maximum atomic E-state index is 6.44. The van der Waals surface area contributed by atoms with E-state index >= 15 is 0 Å². The van der Waals surface area contributed by atoms with E-state index in [0.29, 0.717) is 6.54 Å². The maximum Gasteiger partial charge on any atom is 0.157 e. The largest absolute Gasteiger partial charge is 0.371 e. The molecule has 0 radical (unpaired) electrons. The molecule has 2 unspecified atom stereocenters. The molecule has 6 nitrogen and oxygen atoms in total. The van der Waals surface area contributed by atoms with Crippen molar-refractivity contribution < 1.29 is 23.7 Å². The molecule has 0 aliphatic carbocycles. The molecule has 0 aliphatic rings. The number of hydrogen-bond acceptors (Lipinski definition) is 6. The van der Waals surface area contributed by atoms with E-state index < -0.39 is 0 Å². The smallest absolute Gasteiger partial charge is 0.157 e. The van der Waals surface area contributed by atoms with Gasteiger partial charge >= 0.3 is 0 Å². The van der Waals surface area contributed by atoms with Crippen molar-refractivity contribution >= 4 is 17.2 Å². The first-order valence-corrected chi connectivity index (χ1v) is 17.0. The lowest BCUT2D eigenvalue weighted by Gasteiger charge is -2.35. The van der Waals surface area contributed by atoms with Gasteiger partial charge in [0.25, 0.3) is 0 Å². The van der Waals surface area contributed by atoms with Crippen LogP contribution < -0.4 is 5.73 Å². The van der Waals surface area contributed by atoms with Crippen LogP contribution in [-0.4, -0.2) is 81.9 Å². The van der Waals surface area contributed by atoms with Crippen LogP contribution >= 0.6 is 17.2 Å². The van der Waals surface area contributed by atoms with Gasteiger partial charge in [-0.3, -0.25) is 0 Å². The Hall–Kier alpha value is 0.620. The van der Waals surface area contributed by atoms with Gasteiger partial charge in [-0.05, 0) is 77.0 Å². The quantitative estimate of drug-likeness (QED) is 0.0741. The molecule has 0 fully saturated rings. The average molecular weight is 540 g/mol. The van der Waals surface area contributed by atoms with E-state index in [1.807, 2.05) is 0 Å².